The first-order valence-corrected chi connectivity index (χ1v) is 12.5. The van der Waals surface area contributed by atoms with Crippen LogP contribution in [0.1, 0.15) is 22.8 Å². The molecule has 4 aromatic carbocycles. The van der Waals surface area contributed by atoms with Gasteiger partial charge in [0.2, 0.25) is 0 Å². The van der Waals surface area contributed by atoms with Crippen LogP contribution in [0.4, 0.5) is 0 Å². The van der Waals surface area contributed by atoms with Gasteiger partial charge in [0.25, 0.3) is 5.56 Å². The first-order chi connectivity index (χ1) is 17.1. The summed E-state index contributed by atoms with van der Waals surface area (Å²) in [6.45, 7) is 2.10. The normalized spacial score (nSPS) is 11.0. The number of Topliss-reactive ketones (excluding diaryl/α,β-unsaturated/α-hetero) is 1. The van der Waals surface area contributed by atoms with Gasteiger partial charge < -0.3 is 0 Å². The molecule has 0 saturated carbocycles. The lowest BCUT2D eigenvalue weighted by molar-refractivity contribution is 0.102. The van der Waals surface area contributed by atoms with Gasteiger partial charge in [-0.2, -0.15) is 0 Å². The van der Waals surface area contributed by atoms with Crippen LogP contribution in [0.15, 0.2) is 113 Å². The third-order valence-electron chi connectivity index (χ3n) is 5.99. The number of fused-ring (bicyclic) bond motifs is 1. The number of rotatable bonds is 7. The zero-order valence-electron chi connectivity index (χ0n) is 19.3. The number of hydrogen-bond donors (Lipinski definition) is 0. The van der Waals surface area contributed by atoms with Crippen molar-refractivity contribution in [1.29, 1.82) is 0 Å². The number of benzene rings is 4. The van der Waals surface area contributed by atoms with Crippen molar-refractivity contribution in [2.75, 3.05) is 5.75 Å². The van der Waals surface area contributed by atoms with Gasteiger partial charge in [0.15, 0.2) is 10.9 Å². The van der Waals surface area contributed by atoms with Crippen molar-refractivity contribution in [3.8, 4) is 16.8 Å². The van der Waals surface area contributed by atoms with Crippen LogP contribution in [-0.4, -0.2) is 21.1 Å². The Hall–Kier alpha value is -3.96. The zero-order chi connectivity index (χ0) is 24.2. The quantitative estimate of drug-likeness (QED) is 0.151. The molecule has 172 valence electrons. The second-order valence-electron chi connectivity index (χ2n) is 8.23. The number of aromatic nitrogens is 2. The van der Waals surface area contributed by atoms with E-state index < -0.39 is 0 Å². The highest BCUT2D eigenvalue weighted by Gasteiger charge is 2.15. The van der Waals surface area contributed by atoms with Crippen molar-refractivity contribution in [3.63, 3.8) is 0 Å². The van der Waals surface area contributed by atoms with E-state index in [2.05, 4.69) is 6.92 Å². The summed E-state index contributed by atoms with van der Waals surface area (Å²) in [4.78, 5) is 31.2. The molecule has 0 unspecified atom stereocenters. The van der Waals surface area contributed by atoms with E-state index in [1.807, 2.05) is 97.1 Å². The van der Waals surface area contributed by atoms with E-state index in [4.69, 9.17) is 4.98 Å². The van der Waals surface area contributed by atoms with Crippen molar-refractivity contribution < 1.29 is 4.79 Å². The minimum Gasteiger partial charge on any atom is -0.293 e. The minimum absolute atomic E-state index is 0.00935. The second-order valence-corrected chi connectivity index (χ2v) is 9.17. The van der Waals surface area contributed by atoms with E-state index >= 15 is 0 Å². The molecule has 1 heterocycles. The Kier molecular flexibility index (Phi) is 6.59. The van der Waals surface area contributed by atoms with Gasteiger partial charge in [-0.25, -0.2) is 4.98 Å². The van der Waals surface area contributed by atoms with E-state index in [-0.39, 0.29) is 17.1 Å². The van der Waals surface area contributed by atoms with E-state index in [0.717, 1.165) is 23.2 Å². The molecule has 0 bridgehead atoms. The summed E-state index contributed by atoms with van der Waals surface area (Å²) in [6, 6.07) is 32.9. The summed E-state index contributed by atoms with van der Waals surface area (Å²) in [7, 11) is 0. The molecule has 5 rings (SSSR count). The van der Waals surface area contributed by atoms with Crippen molar-refractivity contribution in [2.24, 2.45) is 0 Å². The Morgan fingerprint density at radius 3 is 2.17 bits per heavy atom. The van der Waals surface area contributed by atoms with Gasteiger partial charge in [-0.05, 0) is 47.4 Å². The summed E-state index contributed by atoms with van der Waals surface area (Å²) in [6.07, 6.45) is 0.921. The van der Waals surface area contributed by atoms with Crippen molar-refractivity contribution in [3.05, 3.63) is 125 Å². The molecule has 0 radical (unpaired) electrons. The summed E-state index contributed by atoms with van der Waals surface area (Å²) in [5.74, 6) is 0.174. The number of carbonyl (C=O) groups excluding carboxylic acids is 1. The lowest BCUT2D eigenvalue weighted by Gasteiger charge is -2.13. The average molecular weight is 477 g/mol. The number of ketones is 1. The fourth-order valence-electron chi connectivity index (χ4n) is 4.01. The number of aryl methyl sites for hydroxylation is 1. The molecule has 0 spiro atoms. The molecular weight excluding hydrogens is 452 g/mol. The topological polar surface area (TPSA) is 52.0 Å². The van der Waals surface area contributed by atoms with Crippen LogP contribution in [0.25, 0.3) is 27.7 Å². The molecule has 5 aromatic rings. The van der Waals surface area contributed by atoms with E-state index in [1.165, 1.54) is 17.3 Å². The standard InChI is InChI=1S/C30H24N2O2S/c1-2-21-12-18-25(19-13-21)32-29(34)26-10-6-7-11-27(26)31-30(32)35-20-28(33)24-16-14-23(15-17-24)22-8-4-3-5-9-22/h3-19H,2,20H2,1H3. The van der Waals surface area contributed by atoms with Gasteiger partial charge in [-0.15, -0.1) is 0 Å². The fraction of sp³-hybridized carbons (Fsp3) is 0.100. The maximum atomic E-state index is 13.4. The third kappa shape index (κ3) is 4.81. The fourth-order valence-corrected chi connectivity index (χ4v) is 4.92. The molecule has 4 nitrogen and oxygen atoms in total. The van der Waals surface area contributed by atoms with Gasteiger partial charge in [0, 0.05) is 5.56 Å². The lowest BCUT2D eigenvalue weighted by atomic mass is 10.0. The molecule has 35 heavy (non-hydrogen) atoms. The summed E-state index contributed by atoms with van der Waals surface area (Å²) >= 11 is 1.29. The molecule has 0 fully saturated rings. The van der Waals surface area contributed by atoms with Crippen molar-refractivity contribution >= 4 is 28.4 Å². The smallest absolute Gasteiger partial charge is 0.266 e. The highest BCUT2D eigenvalue weighted by molar-refractivity contribution is 7.99. The minimum atomic E-state index is -0.137. The first kappa shape index (κ1) is 22.8. The van der Waals surface area contributed by atoms with E-state index in [9.17, 15) is 9.59 Å². The Morgan fingerprint density at radius 1 is 0.800 bits per heavy atom. The third-order valence-corrected chi connectivity index (χ3v) is 6.93. The molecule has 0 aliphatic rings. The number of hydrogen-bond acceptors (Lipinski definition) is 4. The van der Waals surface area contributed by atoms with Crippen molar-refractivity contribution in [1.82, 2.24) is 9.55 Å². The number of nitrogens with zero attached hydrogens (tertiary/aromatic N) is 2. The molecule has 0 atom stereocenters. The summed E-state index contributed by atoms with van der Waals surface area (Å²) < 4.78 is 1.61. The molecule has 0 aliphatic heterocycles. The lowest BCUT2D eigenvalue weighted by Crippen LogP contribution is -2.22. The Labute approximate surface area is 208 Å². The molecule has 5 heteroatoms. The molecule has 0 N–H and O–H groups in total. The maximum absolute atomic E-state index is 13.4. The molecule has 1 aromatic heterocycles. The van der Waals surface area contributed by atoms with Gasteiger partial charge in [0.1, 0.15) is 0 Å². The van der Waals surface area contributed by atoms with Gasteiger partial charge in [0.05, 0.1) is 22.3 Å². The molecular formula is C30H24N2O2S. The number of para-hydroxylation sites is 1. The Balaban J connectivity index is 1.44. The maximum Gasteiger partial charge on any atom is 0.266 e. The van der Waals surface area contributed by atoms with Gasteiger partial charge in [-0.3, -0.25) is 14.2 Å². The second kappa shape index (κ2) is 10.1. The van der Waals surface area contributed by atoms with Crippen LogP contribution in [0.2, 0.25) is 0 Å². The van der Waals surface area contributed by atoms with Crippen molar-refractivity contribution in [2.45, 2.75) is 18.5 Å². The highest BCUT2D eigenvalue weighted by atomic mass is 32.2. The summed E-state index contributed by atoms with van der Waals surface area (Å²) in [5.41, 5.74) is 5.24. The highest BCUT2D eigenvalue weighted by Crippen LogP contribution is 2.24. The van der Waals surface area contributed by atoms with Crippen LogP contribution in [0, 0.1) is 0 Å². The zero-order valence-corrected chi connectivity index (χ0v) is 20.2. The number of thioether (sulfide) groups is 1. The predicted octanol–water partition coefficient (Wildman–Crippen LogP) is 6.59. The van der Waals surface area contributed by atoms with E-state index in [0.29, 0.717) is 21.6 Å². The average Bonchev–Trinajstić information content (AvgIpc) is 2.92. The molecule has 0 aliphatic carbocycles. The van der Waals surface area contributed by atoms with Crippen LogP contribution in [0.3, 0.4) is 0 Å². The number of carbonyl (C=O) groups is 1. The predicted molar refractivity (Wildman–Crippen MR) is 144 cm³/mol. The van der Waals surface area contributed by atoms with Crippen LogP contribution in [0.5, 0.6) is 0 Å². The van der Waals surface area contributed by atoms with Crippen LogP contribution < -0.4 is 5.56 Å². The first-order valence-electron chi connectivity index (χ1n) is 11.6. The SMILES string of the molecule is CCc1ccc(-n2c(SCC(=O)c3ccc(-c4ccccc4)cc3)nc3ccccc3c2=O)cc1. The Morgan fingerprint density at radius 2 is 1.46 bits per heavy atom. The largest absolute Gasteiger partial charge is 0.293 e. The van der Waals surface area contributed by atoms with Gasteiger partial charge >= 0.3 is 0 Å². The summed E-state index contributed by atoms with van der Waals surface area (Å²) in [5, 5.41) is 1.06. The Bertz CT molecular complexity index is 1540. The van der Waals surface area contributed by atoms with Gasteiger partial charge in [-0.1, -0.05) is 97.5 Å². The monoisotopic (exact) mass is 476 g/mol. The van der Waals surface area contributed by atoms with Crippen LogP contribution >= 0.6 is 11.8 Å². The van der Waals surface area contributed by atoms with Crippen LogP contribution in [-0.2, 0) is 6.42 Å². The molecule has 0 amide bonds. The molecule has 0 saturated heterocycles. The van der Waals surface area contributed by atoms with E-state index in [1.54, 1.807) is 10.6 Å².